The third-order valence-corrected chi connectivity index (χ3v) is 7.91. The zero-order chi connectivity index (χ0) is 18.5. The third kappa shape index (κ3) is 2.80. The first-order chi connectivity index (χ1) is 12.4. The van der Waals surface area contributed by atoms with E-state index in [1.54, 1.807) is 0 Å². The molecule has 142 valence electrons. The molecule has 0 aliphatic heterocycles. The van der Waals surface area contributed by atoms with Gasteiger partial charge in [0.1, 0.15) is 5.60 Å². The average molecular weight is 355 g/mol. The van der Waals surface area contributed by atoms with Crippen LogP contribution in [0, 0.1) is 29.6 Å². The molecule has 0 spiro atoms. The molecule has 4 aliphatic carbocycles. The topological polar surface area (TPSA) is 26.3 Å². The van der Waals surface area contributed by atoms with Gasteiger partial charge in [0.15, 0.2) is 0 Å². The highest BCUT2D eigenvalue weighted by Gasteiger charge is 2.60. The molecule has 1 aromatic rings. The maximum atomic E-state index is 13.1. The van der Waals surface area contributed by atoms with Crippen molar-refractivity contribution in [3.05, 3.63) is 35.4 Å². The van der Waals surface area contributed by atoms with E-state index in [1.165, 1.54) is 37.7 Å². The molecular formula is C24H34O2. The summed E-state index contributed by atoms with van der Waals surface area (Å²) in [5.41, 5.74) is 1.78. The van der Waals surface area contributed by atoms with Crippen molar-refractivity contribution in [1.29, 1.82) is 0 Å². The number of rotatable bonds is 5. The van der Waals surface area contributed by atoms with E-state index < -0.39 is 0 Å². The van der Waals surface area contributed by atoms with Gasteiger partial charge >= 0.3 is 5.97 Å². The number of carbonyl (C=O) groups excluding carboxylic acids is 1. The lowest BCUT2D eigenvalue weighted by atomic mass is 9.47. The highest BCUT2D eigenvalue weighted by Crippen LogP contribution is 2.61. The SMILES string of the molecule is CCC(C)c1ccc(C(=O)OC2(C(C)C)C3CC4CC(C3)CC2C4)cc1. The Balaban J connectivity index is 1.57. The molecule has 26 heavy (non-hydrogen) atoms. The lowest BCUT2D eigenvalue weighted by Gasteiger charge is -2.61. The van der Waals surface area contributed by atoms with Crippen molar-refractivity contribution >= 4 is 5.97 Å². The lowest BCUT2D eigenvalue weighted by molar-refractivity contribution is -0.197. The molecule has 4 aliphatic rings. The number of esters is 1. The second kappa shape index (κ2) is 6.69. The predicted octanol–water partition coefficient (Wildman–Crippen LogP) is 6.21. The largest absolute Gasteiger partial charge is 0.455 e. The van der Waals surface area contributed by atoms with Gasteiger partial charge in [-0.15, -0.1) is 0 Å². The molecule has 2 heteroatoms. The summed E-state index contributed by atoms with van der Waals surface area (Å²) in [6, 6.07) is 8.13. The second-order valence-electron chi connectivity index (χ2n) is 9.63. The van der Waals surface area contributed by atoms with E-state index in [2.05, 4.69) is 39.8 Å². The van der Waals surface area contributed by atoms with E-state index in [1.807, 2.05) is 12.1 Å². The van der Waals surface area contributed by atoms with Crippen LogP contribution in [0.5, 0.6) is 0 Å². The van der Waals surface area contributed by atoms with E-state index in [9.17, 15) is 4.79 Å². The molecule has 0 N–H and O–H groups in total. The van der Waals surface area contributed by atoms with Crippen molar-refractivity contribution in [1.82, 2.24) is 0 Å². The molecule has 0 amide bonds. The minimum Gasteiger partial charge on any atom is -0.455 e. The first-order valence-corrected chi connectivity index (χ1v) is 10.8. The molecule has 1 atom stereocenters. The monoisotopic (exact) mass is 354 g/mol. The standard InChI is InChI=1S/C24H34O2/c1-5-16(4)19-6-8-20(9-7-19)23(25)26-24(15(2)3)21-11-17-10-18(13-21)14-22(24)12-17/h6-9,15-18,21-22H,5,10-14H2,1-4H3. The van der Waals surface area contributed by atoms with Crippen LogP contribution in [0.3, 0.4) is 0 Å². The summed E-state index contributed by atoms with van der Waals surface area (Å²) in [4.78, 5) is 13.1. The highest BCUT2D eigenvalue weighted by molar-refractivity contribution is 5.89. The molecule has 0 saturated heterocycles. The zero-order valence-electron chi connectivity index (χ0n) is 16.8. The van der Waals surface area contributed by atoms with Gasteiger partial charge in [0.05, 0.1) is 5.56 Å². The summed E-state index contributed by atoms with van der Waals surface area (Å²) in [6.07, 6.45) is 7.62. The van der Waals surface area contributed by atoms with Crippen molar-refractivity contribution < 1.29 is 9.53 Å². The van der Waals surface area contributed by atoms with Crippen LogP contribution in [0.1, 0.15) is 88.1 Å². The summed E-state index contributed by atoms with van der Waals surface area (Å²) >= 11 is 0. The highest BCUT2D eigenvalue weighted by atomic mass is 16.6. The quantitative estimate of drug-likeness (QED) is 0.588. The number of carbonyl (C=O) groups is 1. The Kier molecular flexibility index (Phi) is 4.65. The zero-order valence-corrected chi connectivity index (χ0v) is 16.8. The van der Waals surface area contributed by atoms with Crippen LogP contribution >= 0.6 is 0 Å². The van der Waals surface area contributed by atoms with Crippen molar-refractivity contribution in [3.63, 3.8) is 0 Å². The number of hydrogen-bond acceptors (Lipinski definition) is 2. The Morgan fingerprint density at radius 1 is 1.00 bits per heavy atom. The van der Waals surface area contributed by atoms with Gasteiger partial charge in [-0.25, -0.2) is 4.79 Å². The van der Waals surface area contributed by atoms with Crippen LogP contribution in [-0.2, 0) is 4.74 Å². The number of ether oxygens (including phenoxy) is 1. The van der Waals surface area contributed by atoms with Crippen LogP contribution in [0.25, 0.3) is 0 Å². The maximum absolute atomic E-state index is 13.1. The van der Waals surface area contributed by atoms with Crippen LogP contribution < -0.4 is 0 Å². The van der Waals surface area contributed by atoms with Crippen molar-refractivity contribution in [3.8, 4) is 0 Å². The predicted molar refractivity (Wildman–Crippen MR) is 105 cm³/mol. The Morgan fingerprint density at radius 2 is 1.54 bits per heavy atom. The van der Waals surface area contributed by atoms with Crippen LogP contribution in [-0.4, -0.2) is 11.6 Å². The minimum absolute atomic E-state index is 0.109. The van der Waals surface area contributed by atoms with Gasteiger partial charge in [-0.05, 0) is 91.7 Å². The first-order valence-electron chi connectivity index (χ1n) is 10.8. The fourth-order valence-electron chi connectivity index (χ4n) is 6.55. The van der Waals surface area contributed by atoms with Crippen molar-refractivity contribution in [2.24, 2.45) is 29.6 Å². The first kappa shape index (κ1) is 18.1. The van der Waals surface area contributed by atoms with Crippen molar-refractivity contribution in [2.75, 3.05) is 0 Å². The van der Waals surface area contributed by atoms with Crippen LogP contribution in [0.15, 0.2) is 24.3 Å². The molecule has 4 fully saturated rings. The number of benzene rings is 1. The number of hydrogen-bond donors (Lipinski definition) is 0. The van der Waals surface area contributed by atoms with Gasteiger partial charge in [0.2, 0.25) is 0 Å². The Hall–Kier alpha value is -1.31. The minimum atomic E-state index is -0.236. The Morgan fingerprint density at radius 3 is 2.00 bits per heavy atom. The van der Waals surface area contributed by atoms with E-state index in [0.29, 0.717) is 29.2 Å². The van der Waals surface area contributed by atoms with Crippen molar-refractivity contribution in [2.45, 2.75) is 77.7 Å². The summed E-state index contributed by atoms with van der Waals surface area (Å²) in [7, 11) is 0. The molecule has 0 heterocycles. The summed E-state index contributed by atoms with van der Waals surface area (Å²) in [6.45, 7) is 8.96. The van der Waals surface area contributed by atoms with Gasteiger partial charge in [-0.1, -0.05) is 39.8 Å². The summed E-state index contributed by atoms with van der Waals surface area (Å²) < 4.78 is 6.45. The van der Waals surface area contributed by atoms with E-state index in [4.69, 9.17) is 4.74 Å². The van der Waals surface area contributed by atoms with Crippen LogP contribution in [0.4, 0.5) is 0 Å². The molecule has 0 radical (unpaired) electrons. The molecule has 2 nitrogen and oxygen atoms in total. The molecular weight excluding hydrogens is 320 g/mol. The smallest absolute Gasteiger partial charge is 0.338 e. The second-order valence-corrected chi connectivity index (χ2v) is 9.63. The van der Waals surface area contributed by atoms with E-state index in [-0.39, 0.29) is 11.6 Å². The Labute approximate surface area is 158 Å². The van der Waals surface area contributed by atoms with Gasteiger partial charge < -0.3 is 4.74 Å². The molecule has 4 saturated carbocycles. The molecule has 0 aromatic heterocycles. The normalized spacial score (nSPS) is 36.3. The van der Waals surface area contributed by atoms with E-state index in [0.717, 1.165) is 18.3 Å². The fourth-order valence-corrected chi connectivity index (χ4v) is 6.55. The Bertz CT molecular complexity index is 629. The van der Waals surface area contributed by atoms with Crippen LogP contribution in [0.2, 0.25) is 0 Å². The van der Waals surface area contributed by atoms with Gasteiger partial charge in [-0.3, -0.25) is 0 Å². The molecule has 1 unspecified atom stereocenters. The maximum Gasteiger partial charge on any atom is 0.338 e. The third-order valence-electron chi connectivity index (χ3n) is 7.91. The molecule has 4 bridgehead atoms. The average Bonchev–Trinajstić information content (AvgIpc) is 2.63. The molecule has 5 rings (SSSR count). The van der Waals surface area contributed by atoms with Gasteiger partial charge in [0.25, 0.3) is 0 Å². The fraction of sp³-hybridized carbons (Fsp3) is 0.708. The van der Waals surface area contributed by atoms with Gasteiger partial charge in [0, 0.05) is 0 Å². The van der Waals surface area contributed by atoms with E-state index >= 15 is 0 Å². The van der Waals surface area contributed by atoms with Gasteiger partial charge in [-0.2, -0.15) is 0 Å². The lowest BCUT2D eigenvalue weighted by Crippen LogP contribution is -2.62. The summed E-state index contributed by atoms with van der Waals surface area (Å²) in [5.74, 6) is 3.73. The summed E-state index contributed by atoms with van der Waals surface area (Å²) in [5, 5.41) is 0. The molecule has 1 aromatic carbocycles.